The van der Waals surface area contributed by atoms with Crippen molar-refractivity contribution in [3.63, 3.8) is 0 Å². The van der Waals surface area contributed by atoms with Crippen molar-refractivity contribution >= 4 is 29.4 Å². The highest BCUT2D eigenvalue weighted by Gasteiger charge is 2.19. The third-order valence-corrected chi connectivity index (χ3v) is 5.19. The Balaban J connectivity index is 1.85. The first kappa shape index (κ1) is 20.0. The number of nitrogens with zero attached hydrogens (tertiary/aromatic N) is 2. The molecule has 26 heavy (non-hydrogen) atoms. The SMILES string of the molecule is CCN(Cc1ccccc1C)C(=O)CSC(C)C(=O)Nc1cc(C)on1. The van der Waals surface area contributed by atoms with Crippen molar-refractivity contribution in [1.29, 1.82) is 0 Å². The second-order valence-corrected chi connectivity index (χ2v) is 7.43. The van der Waals surface area contributed by atoms with Gasteiger partial charge in [-0.05, 0) is 38.8 Å². The molecule has 0 aliphatic heterocycles. The van der Waals surface area contributed by atoms with Gasteiger partial charge in [-0.1, -0.05) is 29.4 Å². The van der Waals surface area contributed by atoms with E-state index in [1.54, 1.807) is 24.8 Å². The maximum atomic E-state index is 12.5. The Labute approximate surface area is 158 Å². The third-order valence-electron chi connectivity index (χ3n) is 4.06. The quantitative estimate of drug-likeness (QED) is 0.765. The standard InChI is InChI=1S/C19H25N3O3S/c1-5-22(11-16-9-7-6-8-13(16)2)18(23)12-26-15(4)19(24)20-17-10-14(3)25-21-17/h6-10,15H,5,11-12H2,1-4H3,(H,20,21,24). The lowest BCUT2D eigenvalue weighted by Crippen LogP contribution is -2.33. The number of aryl methyl sites for hydroxylation is 2. The van der Waals surface area contributed by atoms with E-state index in [0.717, 1.165) is 5.56 Å². The fourth-order valence-corrected chi connectivity index (χ4v) is 3.17. The third kappa shape index (κ3) is 5.62. The lowest BCUT2D eigenvalue weighted by atomic mass is 10.1. The normalized spacial score (nSPS) is 11.8. The molecule has 1 aromatic heterocycles. The summed E-state index contributed by atoms with van der Waals surface area (Å²) in [5.41, 5.74) is 2.31. The van der Waals surface area contributed by atoms with Gasteiger partial charge in [-0.2, -0.15) is 0 Å². The summed E-state index contributed by atoms with van der Waals surface area (Å²) in [7, 11) is 0. The number of amides is 2. The highest BCUT2D eigenvalue weighted by molar-refractivity contribution is 8.01. The average molecular weight is 375 g/mol. The fourth-order valence-electron chi connectivity index (χ4n) is 2.39. The molecule has 0 saturated carbocycles. The summed E-state index contributed by atoms with van der Waals surface area (Å²) in [6.07, 6.45) is 0. The van der Waals surface area contributed by atoms with E-state index in [-0.39, 0.29) is 22.8 Å². The number of carbonyl (C=O) groups is 2. The maximum absolute atomic E-state index is 12.5. The van der Waals surface area contributed by atoms with E-state index in [1.165, 1.54) is 17.3 Å². The topological polar surface area (TPSA) is 75.4 Å². The van der Waals surface area contributed by atoms with Crippen molar-refractivity contribution in [2.24, 2.45) is 0 Å². The van der Waals surface area contributed by atoms with Gasteiger partial charge in [0.25, 0.3) is 0 Å². The van der Waals surface area contributed by atoms with Gasteiger partial charge >= 0.3 is 0 Å². The molecule has 0 radical (unpaired) electrons. The van der Waals surface area contributed by atoms with E-state index in [1.807, 2.05) is 38.1 Å². The first-order valence-corrected chi connectivity index (χ1v) is 9.63. The number of hydrogen-bond donors (Lipinski definition) is 1. The highest BCUT2D eigenvalue weighted by atomic mass is 32.2. The van der Waals surface area contributed by atoms with E-state index < -0.39 is 0 Å². The van der Waals surface area contributed by atoms with Gasteiger partial charge in [0.2, 0.25) is 11.8 Å². The minimum atomic E-state index is -0.367. The summed E-state index contributed by atoms with van der Waals surface area (Å²) in [5.74, 6) is 1.11. The van der Waals surface area contributed by atoms with Gasteiger partial charge in [-0.25, -0.2) is 0 Å². The molecule has 0 spiro atoms. The van der Waals surface area contributed by atoms with Crippen LogP contribution in [0.15, 0.2) is 34.9 Å². The summed E-state index contributed by atoms with van der Waals surface area (Å²) in [6.45, 7) is 8.75. The van der Waals surface area contributed by atoms with Crippen LogP contribution in [0.4, 0.5) is 5.82 Å². The molecule has 1 N–H and O–H groups in total. The summed E-state index contributed by atoms with van der Waals surface area (Å²) in [6, 6.07) is 9.70. The van der Waals surface area contributed by atoms with Crippen LogP contribution in [0.2, 0.25) is 0 Å². The lowest BCUT2D eigenvalue weighted by molar-refractivity contribution is -0.128. The van der Waals surface area contributed by atoms with E-state index >= 15 is 0 Å². The number of rotatable bonds is 8. The van der Waals surface area contributed by atoms with E-state index in [2.05, 4.69) is 10.5 Å². The van der Waals surface area contributed by atoms with Crippen molar-refractivity contribution in [2.75, 3.05) is 17.6 Å². The Morgan fingerprint density at radius 3 is 2.65 bits per heavy atom. The molecule has 2 amide bonds. The predicted molar refractivity (Wildman–Crippen MR) is 104 cm³/mol. The van der Waals surface area contributed by atoms with Crippen molar-refractivity contribution in [2.45, 2.75) is 39.5 Å². The molecule has 0 saturated heterocycles. The Kier molecular flexibility index (Phi) is 7.26. The van der Waals surface area contributed by atoms with E-state index in [0.29, 0.717) is 24.7 Å². The zero-order valence-electron chi connectivity index (χ0n) is 15.6. The van der Waals surface area contributed by atoms with Crippen LogP contribution in [-0.2, 0) is 16.1 Å². The molecular formula is C19H25N3O3S. The second-order valence-electron chi connectivity index (χ2n) is 6.10. The molecule has 2 rings (SSSR count). The van der Waals surface area contributed by atoms with Crippen molar-refractivity contribution in [1.82, 2.24) is 10.1 Å². The van der Waals surface area contributed by atoms with Crippen LogP contribution in [0.1, 0.15) is 30.7 Å². The van der Waals surface area contributed by atoms with Crippen molar-refractivity contribution < 1.29 is 14.1 Å². The molecule has 6 nitrogen and oxygen atoms in total. The van der Waals surface area contributed by atoms with Gasteiger partial charge in [0.15, 0.2) is 5.82 Å². The fraction of sp³-hybridized carbons (Fsp3) is 0.421. The van der Waals surface area contributed by atoms with E-state index in [9.17, 15) is 9.59 Å². The number of aromatic nitrogens is 1. The van der Waals surface area contributed by atoms with Crippen LogP contribution in [0.3, 0.4) is 0 Å². The molecule has 1 atom stereocenters. The van der Waals surface area contributed by atoms with Gasteiger partial charge in [0, 0.05) is 19.2 Å². The van der Waals surface area contributed by atoms with Crippen LogP contribution in [0.5, 0.6) is 0 Å². The van der Waals surface area contributed by atoms with Crippen LogP contribution < -0.4 is 5.32 Å². The first-order chi connectivity index (χ1) is 12.4. The monoisotopic (exact) mass is 375 g/mol. The summed E-state index contributed by atoms with van der Waals surface area (Å²) < 4.78 is 4.92. The first-order valence-electron chi connectivity index (χ1n) is 8.58. The number of hydrogen-bond acceptors (Lipinski definition) is 5. The molecule has 1 aromatic carbocycles. The Morgan fingerprint density at radius 2 is 2.04 bits per heavy atom. The lowest BCUT2D eigenvalue weighted by Gasteiger charge is -2.22. The molecule has 2 aromatic rings. The smallest absolute Gasteiger partial charge is 0.238 e. The second kappa shape index (κ2) is 9.43. The Bertz CT molecular complexity index is 760. The average Bonchev–Trinajstić information content (AvgIpc) is 3.03. The van der Waals surface area contributed by atoms with Crippen molar-refractivity contribution in [3.05, 3.63) is 47.2 Å². The molecule has 7 heteroatoms. The van der Waals surface area contributed by atoms with E-state index in [4.69, 9.17) is 4.52 Å². The van der Waals surface area contributed by atoms with Gasteiger partial charge in [-0.15, -0.1) is 11.8 Å². The number of carbonyl (C=O) groups excluding carboxylic acids is 2. The molecule has 0 aliphatic rings. The molecule has 1 heterocycles. The van der Waals surface area contributed by atoms with Gasteiger partial charge in [-0.3, -0.25) is 9.59 Å². The Morgan fingerprint density at radius 1 is 1.31 bits per heavy atom. The van der Waals surface area contributed by atoms with Crippen LogP contribution in [0, 0.1) is 13.8 Å². The predicted octanol–water partition coefficient (Wildman–Crippen LogP) is 3.40. The summed E-state index contributed by atoms with van der Waals surface area (Å²) in [4.78, 5) is 26.5. The van der Waals surface area contributed by atoms with Crippen LogP contribution in [-0.4, -0.2) is 39.4 Å². The summed E-state index contributed by atoms with van der Waals surface area (Å²) >= 11 is 1.32. The highest BCUT2D eigenvalue weighted by Crippen LogP contribution is 2.16. The molecule has 1 unspecified atom stereocenters. The van der Waals surface area contributed by atoms with Gasteiger partial charge < -0.3 is 14.7 Å². The minimum absolute atomic E-state index is 0.0256. The number of anilines is 1. The number of thioether (sulfide) groups is 1. The van der Waals surface area contributed by atoms with Crippen LogP contribution in [0.25, 0.3) is 0 Å². The zero-order valence-corrected chi connectivity index (χ0v) is 16.4. The Hall–Kier alpha value is -2.28. The largest absolute Gasteiger partial charge is 0.360 e. The van der Waals surface area contributed by atoms with Crippen LogP contribution >= 0.6 is 11.8 Å². The molecule has 0 bridgehead atoms. The van der Waals surface area contributed by atoms with Crippen molar-refractivity contribution in [3.8, 4) is 0 Å². The zero-order chi connectivity index (χ0) is 19.1. The number of benzene rings is 1. The molecular weight excluding hydrogens is 350 g/mol. The van der Waals surface area contributed by atoms with Gasteiger partial charge in [0.05, 0.1) is 11.0 Å². The minimum Gasteiger partial charge on any atom is -0.360 e. The molecule has 140 valence electrons. The van der Waals surface area contributed by atoms with Gasteiger partial charge in [0.1, 0.15) is 5.76 Å². The molecule has 0 fully saturated rings. The maximum Gasteiger partial charge on any atom is 0.238 e. The summed E-state index contributed by atoms with van der Waals surface area (Å²) in [5, 5.41) is 6.06. The number of nitrogens with one attached hydrogen (secondary N) is 1. The molecule has 0 aliphatic carbocycles.